The molecule has 0 aliphatic heterocycles. The van der Waals surface area contributed by atoms with Gasteiger partial charge in [-0.25, -0.2) is 19.9 Å². The van der Waals surface area contributed by atoms with Crippen molar-refractivity contribution in [3.8, 4) is 22.3 Å². The smallest absolute Gasteiger partial charge is 0.161 e. The van der Waals surface area contributed by atoms with E-state index >= 15 is 0 Å². The molecule has 9 aromatic rings. The van der Waals surface area contributed by atoms with Gasteiger partial charge in [-0.2, -0.15) is 0 Å². The fraction of sp³-hybridized carbons (Fsp3) is 0.115. The largest absolute Gasteiger partial charge is 0.354 e. The maximum absolute atomic E-state index is 4.87. The first-order valence-electron chi connectivity index (χ1n) is 20.2. The average Bonchev–Trinajstić information content (AvgIpc) is 3.28. The van der Waals surface area contributed by atoms with Crippen LogP contribution in [0.25, 0.3) is 44.3 Å². The Morgan fingerprint density at radius 1 is 0.400 bits per heavy atom. The second kappa shape index (κ2) is 17.4. The van der Waals surface area contributed by atoms with Gasteiger partial charge in [-0.1, -0.05) is 124 Å². The molecule has 0 bridgehead atoms. The molecule has 0 aliphatic carbocycles. The quantitative estimate of drug-likeness (QED) is 0.126. The van der Waals surface area contributed by atoms with Crippen molar-refractivity contribution in [3.05, 3.63) is 182 Å². The van der Waals surface area contributed by atoms with Crippen LogP contribution in [-0.2, 0) is 0 Å². The van der Waals surface area contributed by atoms with Crippen molar-refractivity contribution in [2.24, 2.45) is 0 Å². The van der Waals surface area contributed by atoms with Gasteiger partial charge in [0.15, 0.2) is 11.3 Å². The van der Waals surface area contributed by atoms with Crippen molar-refractivity contribution in [2.45, 2.75) is 59.1 Å². The SMILES string of the molecule is CC(C)c1ccc2c(Nc3cc(-c4ccc(-c5ccc(Sc6ccccc6)c(Nc6ccnc7nc(C(C)C)ccc67)c5)cc4)ccc3Sc3ccccc3)ccnc2n1. The van der Waals surface area contributed by atoms with Gasteiger partial charge in [-0.15, -0.1) is 0 Å². The van der Waals surface area contributed by atoms with Crippen LogP contribution in [0.15, 0.2) is 190 Å². The lowest BCUT2D eigenvalue weighted by molar-refractivity contribution is 0.828. The molecule has 4 heterocycles. The Hall–Kier alpha value is -6.48. The Balaban J connectivity index is 1.05. The lowest BCUT2D eigenvalue weighted by Crippen LogP contribution is -1.99. The van der Waals surface area contributed by atoms with Crippen molar-refractivity contribution in [1.29, 1.82) is 0 Å². The molecule has 9 rings (SSSR count). The first kappa shape index (κ1) is 39.0. The van der Waals surface area contributed by atoms with Gasteiger partial charge in [-0.05, 0) is 119 Å². The molecule has 0 amide bonds. The molecule has 5 aromatic carbocycles. The zero-order valence-electron chi connectivity index (χ0n) is 33.9. The van der Waals surface area contributed by atoms with Gasteiger partial charge in [0.25, 0.3) is 0 Å². The number of benzene rings is 5. The molecule has 8 heteroatoms. The number of anilines is 4. The first-order valence-corrected chi connectivity index (χ1v) is 21.9. The summed E-state index contributed by atoms with van der Waals surface area (Å²) in [4.78, 5) is 23.6. The number of hydrogen-bond acceptors (Lipinski definition) is 8. The maximum Gasteiger partial charge on any atom is 0.161 e. The van der Waals surface area contributed by atoms with Gasteiger partial charge < -0.3 is 10.6 Å². The number of fused-ring (bicyclic) bond motifs is 2. The summed E-state index contributed by atoms with van der Waals surface area (Å²) < 4.78 is 0. The molecule has 4 aromatic heterocycles. The van der Waals surface area contributed by atoms with E-state index in [1.807, 2.05) is 24.5 Å². The van der Waals surface area contributed by atoms with Crippen molar-refractivity contribution in [3.63, 3.8) is 0 Å². The number of aromatic nitrogens is 4. The summed E-state index contributed by atoms with van der Waals surface area (Å²) in [5, 5.41) is 9.54. The van der Waals surface area contributed by atoms with Crippen LogP contribution in [0.5, 0.6) is 0 Å². The Morgan fingerprint density at radius 2 is 0.800 bits per heavy atom. The van der Waals surface area contributed by atoms with E-state index in [1.165, 1.54) is 9.79 Å². The van der Waals surface area contributed by atoms with E-state index in [0.29, 0.717) is 11.8 Å². The molecule has 294 valence electrons. The Labute approximate surface area is 360 Å². The highest BCUT2D eigenvalue weighted by Crippen LogP contribution is 2.41. The van der Waals surface area contributed by atoms with Crippen LogP contribution in [0.4, 0.5) is 22.7 Å². The summed E-state index contributed by atoms with van der Waals surface area (Å²) in [5.74, 6) is 0.649. The van der Waals surface area contributed by atoms with Crippen LogP contribution in [0.2, 0.25) is 0 Å². The topological polar surface area (TPSA) is 75.6 Å². The molecular formula is C52H44N6S2. The van der Waals surface area contributed by atoms with Crippen LogP contribution >= 0.6 is 23.5 Å². The molecular weight excluding hydrogens is 773 g/mol. The molecule has 0 radical (unpaired) electrons. The molecule has 0 atom stereocenters. The Bertz CT molecular complexity index is 2730. The predicted octanol–water partition coefficient (Wildman–Crippen LogP) is 14.9. The third kappa shape index (κ3) is 8.62. The van der Waals surface area contributed by atoms with Crippen molar-refractivity contribution < 1.29 is 0 Å². The van der Waals surface area contributed by atoms with Crippen LogP contribution in [0, 0.1) is 0 Å². The average molecular weight is 817 g/mol. The van der Waals surface area contributed by atoms with E-state index in [4.69, 9.17) is 9.97 Å². The number of hydrogen-bond donors (Lipinski definition) is 2. The van der Waals surface area contributed by atoms with Crippen LogP contribution in [0.3, 0.4) is 0 Å². The molecule has 0 aliphatic rings. The molecule has 6 nitrogen and oxygen atoms in total. The minimum absolute atomic E-state index is 0.324. The predicted molar refractivity (Wildman–Crippen MR) is 252 cm³/mol. The van der Waals surface area contributed by atoms with Crippen LogP contribution in [-0.4, -0.2) is 19.9 Å². The third-order valence-corrected chi connectivity index (χ3v) is 12.6. The molecule has 0 unspecified atom stereocenters. The highest BCUT2D eigenvalue weighted by molar-refractivity contribution is 7.99. The molecule has 0 saturated heterocycles. The number of nitrogens with one attached hydrogen (secondary N) is 2. The molecule has 0 fully saturated rings. The summed E-state index contributed by atoms with van der Waals surface area (Å²) in [6.45, 7) is 8.62. The van der Waals surface area contributed by atoms with Gasteiger partial charge in [0, 0.05) is 54.1 Å². The van der Waals surface area contributed by atoms with Crippen LogP contribution < -0.4 is 10.6 Å². The summed E-state index contributed by atoms with van der Waals surface area (Å²) in [6.07, 6.45) is 3.67. The van der Waals surface area contributed by atoms with Gasteiger partial charge >= 0.3 is 0 Å². The van der Waals surface area contributed by atoms with Gasteiger partial charge in [-0.3, -0.25) is 0 Å². The van der Waals surface area contributed by atoms with E-state index in [1.54, 1.807) is 23.5 Å². The first-order chi connectivity index (χ1) is 29.3. The zero-order valence-corrected chi connectivity index (χ0v) is 35.6. The van der Waals surface area contributed by atoms with Gasteiger partial charge in [0.05, 0.1) is 22.7 Å². The van der Waals surface area contributed by atoms with Gasteiger partial charge in [0.2, 0.25) is 0 Å². The normalized spacial score (nSPS) is 11.4. The van der Waals surface area contributed by atoms with Crippen molar-refractivity contribution in [2.75, 3.05) is 10.6 Å². The summed E-state index contributed by atoms with van der Waals surface area (Å²) in [6, 6.07) is 55.7. The molecule has 60 heavy (non-hydrogen) atoms. The molecule has 2 N–H and O–H groups in total. The van der Waals surface area contributed by atoms with E-state index < -0.39 is 0 Å². The second-order valence-electron chi connectivity index (χ2n) is 15.3. The summed E-state index contributed by atoms with van der Waals surface area (Å²) >= 11 is 3.49. The monoisotopic (exact) mass is 816 g/mol. The highest BCUT2D eigenvalue weighted by atomic mass is 32.2. The van der Waals surface area contributed by atoms with E-state index in [0.717, 1.165) is 88.2 Å². The number of nitrogens with zero attached hydrogens (tertiary/aromatic N) is 4. The zero-order chi connectivity index (χ0) is 41.0. The summed E-state index contributed by atoms with van der Waals surface area (Å²) in [7, 11) is 0. The fourth-order valence-electron chi connectivity index (χ4n) is 7.12. The maximum atomic E-state index is 4.87. The third-order valence-electron chi connectivity index (χ3n) is 10.4. The van der Waals surface area contributed by atoms with Gasteiger partial charge in [0.1, 0.15) is 0 Å². The second-order valence-corrected chi connectivity index (χ2v) is 17.6. The van der Waals surface area contributed by atoms with E-state index in [9.17, 15) is 0 Å². The minimum atomic E-state index is 0.324. The Morgan fingerprint density at radius 3 is 1.20 bits per heavy atom. The standard InChI is InChI=1S/C52H44N6S2/c1-33(2)43-23-21-41-45(27-29-53-51(41)57-43)55-47-31-37(19-25-49(47)59-39-11-7-5-8-12-39)35-15-17-36(18-16-35)38-20-26-50(60-40-13-9-6-10-14-40)48(32-38)56-46-28-30-54-52-42(46)22-24-44(58-52)34(3)4/h5-34H,1-4H3,(H,53,55,57)(H,54,56,58). The fourth-order valence-corrected chi connectivity index (χ4v) is 8.92. The highest BCUT2D eigenvalue weighted by Gasteiger charge is 2.15. The summed E-state index contributed by atoms with van der Waals surface area (Å²) in [5.41, 5.74) is 12.0. The molecule has 0 saturated carbocycles. The van der Waals surface area contributed by atoms with E-state index in [2.05, 4.69) is 194 Å². The lowest BCUT2D eigenvalue weighted by Gasteiger charge is -2.17. The Kier molecular flexibility index (Phi) is 11.3. The van der Waals surface area contributed by atoms with Crippen molar-refractivity contribution in [1.82, 2.24) is 19.9 Å². The van der Waals surface area contributed by atoms with Crippen molar-refractivity contribution >= 4 is 68.3 Å². The van der Waals surface area contributed by atoms with E-state index in [-0.39, 0.29) is 0 Å². The molecule has 0 spiro atoms. The number of pyridine rings is 4. The van der Waals surface area contributed by atoms with Crippen LogP contribution in [0.1, 0.15) is 50.9 Å². The lowest BCUT2D eigenvalue weighted by atomic mass is 9.99. The minimum Gasteiger partial charge on any atom is -0.354 e. The number of rotatable bonds is 12.